The molecule has 0 spiro atoms. The van der Waals surface area contributed by atoms with Crippen molar-refractivity contribution < 1.29 is 4.52 Å². The van der Waals surface area contributed by atoms with E-state index in [0.717, 1.165) is 29.9 Å². The molecule has 134 valence electrons. The first-order valence-electron chi connectivity index (χ1n) is 9.40. The van der Waals surface area contributed by atoms with Crippen molar-refractivity contribution in [2.75, 3.05) is 0 Å². The van der Waals surface area contributed by atoms with Crippen molar-refractivity contribution in [1.29, 1.82) is 0 Å². The summed E-state index contributed by atoms with van der Waals surface area (Å²) in [5.41, 5.74) is 5.63. The molecule has 0 aliphatic carbocycles. The van der Waals surface area contributed by atoms with Crippen LogP contribution in [0.1, 0.15) is 36.9 Å². The highest BCUT2D eigenvalue weighted by atomic mass is 16.5. The number of nitrogens with zero attached hydrogens (tertiary/aromatic N) is 2. The van der Waals surface area contributed by atoms with Crippen molar-refractivity contribution in [3.05, 3.63) is 96.2 Å². The minimum Gasteiger partial charge on any atom is -0.337 e. The molecule has 0 saturated heterocycles. The topological polar surface area (TPSA) is 38.9 Å². The minimum absolute atomic E-state index is 0.132. The van der Waals surface area contributed by atoms with Crippen molar-refractivity contribution in [1.82, 2.24) is 10.4 Å². The first-order valence-corrected chi connectivity index (χ1v) is 9.40. The van der Waals surface area contributed by atoms with Crippen molar-refractivity contribution in [3.63, 3.8) is 0 Å². The second-order valence-electron chi connectivity index (χ2n) is 6.65. The van der Waals surface area contributed by atoms with E-state index in [1.165, 1.54) is 16.7 Å². The maximum Gasteiger partial charge on any atom is 0.191 e. The van der Waals surface area contributed by atoms with Crippen LogP contribution >= 0.6 is 0 Å². The second kappa shape index (κ2) is 8.00. The third-order valence-corrected chi connectivity index (χ3v) is 4.88. The van der Waals surface area contributed by atoms with Gasteiger partial charge in [-0.1, -0.05) is 98.3 Å². The van der Waals surface area contributed by atoms with Gasteiger partial charge in [-0.2, -0.15) is 0 Å². The van der Waals surface area contributed by atoms with Crippen LogP contribution in [0.25, 0.3) is 22.5 Å². The molecule has 0 saturated carbocycles. The van der Waals surface area contributed by atoms with Gasteiger partial charge in [-0.15, -0.1) is 5.10 Å². The molecule has 3 nitrogen and oxygen atoms in total. The SMILES string of the molecule is CCCC(c1ccccc1-c1ccccc1)c1nnoc1-c1ccccc1. The van der Waals surface area contributed by atoms with E-state index in [1.54, 1.807) is 0 Å². The molecule has 3 aromatic carbocycles. The average molecular weight is 354 g/mol. The summed E-state index contributed by atoms with van der Waals surface area (Å²) < 4.78 is 5.58. The lowest BCUT2D eigenvalue weighted by molar-refractivity contribution is 0.403. The second-order valence-corrected chi connectivity index (χ2v) is 6.65. The van der Waals surface area contributed by atoms with Crippen molar-refractivity contribution in [3.8, 4) is 22.5 Å². The molecule has 0 aliphatic rings. The van der Waals surface area contributed by atoms with E-state index in [0.29, 0.717) is 0 Å². The standard InChI is InChI=1S/C24H22N2O/c1-2-11-22(23-24(27-26-25-23)19-14-7-4-8-15-19)21-17-10-9-16-20(21)18-12-5-3-6-13-18/h3-10,12-17,22H,2,11H2,1H3. The van der Waals surface area contributed by atoms with Gasteiger partial charge in [0.05, 0.1) is 0 Å². The molecule has 3 heteroatoms. The molecule has 0 amide bonds. The summed E-state index contributed by atoms with van der Waals surface area (Å²) in [5.74, 6) is 0.893. The highest BCUT2D eigenvalue weighted by molar-refractivity contribution is 5.70. The lowest BCUT2D eigenvalue weighted by Crippen LogP contribution is -2.05. The maximum absolute atomic E-state index is 5.58. The van der Waals surface area contributed by atoms with Gasteiger partial charge < -0.3 is 4.52 Å². The summed E-state index contributed by atoms with van der Waals surface area (Å²) in [5, 5.41) is 8.31. The van der Waals surface area contributed by atoms with E-state index in [2.05, 4.69) is 65.8 Å². The third kappa shape index (κ3) is 3.54. The number of benzene rings is 3. The van der Waals surface area contributed by atoms with Crippen LogP contribution in [-0.4, -0.2) is 10.4 Å². The molecule has 1 heterocycles. The highest BCUT2D eigenvalue weighted by Crippen LogP contribution is 2.39. The summed E-state index contributed by atoms with van der Waals surface area (Å²) in [6, 6.07) is 29.2. The molecule has 4 rings (SSSR count). The zero-order valence-electron chi connectivity index (χ0n) is 15.4. The zero-order valence-corrected chi connectivity index (χ0v) is 15.4. The molecule has 1 aromatic heterocycles. The number of rotatable bonds is 6. The van der Waals surface area contributed by atoms with Crippen LogP contribution in [0.5, 0.6) is 0 Å². The molecule has 0 bridgehead atoms. The van der Waals surface area contributed by atoms with Gasteiger partial charge in [-0.3, -0.25) is 0 Å². The summed E-state index contributed by atoms with van der Waals surface area (Å²) >= 11 is 0. The lowest BCUT2D eigenvalue weighted by Gasteiger charge is -2.19. The Bertz CT molecular complexity index is 993. The van der Waals surface area contributed by atoms with Crippen LogP contribution in [0.4, 0.5) is 0 Å². The molecule has 1 atom stereocenters. The van der Waals surface area contributed by atoms with E-state index in [9.17, 15) is 0 Å². The van der Waals surface area contributed by atoms with Gasteiger partial charge in [0.25, 0.3) is 0 Å². The molecular formula is C24H22N2O. The Morgan fingerprint density at radius 3 is 2.11 bits per heavy atom. The summed E-state index contributed by atoms with van der Waals surface area (Å²) in [4.78, 5) is 0. The van der Waals surface area contributed by atoms with Crippen molar-refractivity contribution in [2.24, 2.45) is 0 Å². The van der Waals surface area contributed by atoms with Gasteiger partial charge >= 0.3 is 0 Å². The fourth-order valence-electron chi connectivity index (χ4n) is 3.63. The summed E-state index contributed by atoms with van der Waals surface area (Å²) in [6.45, 7) is 2.20. The van der Waals surface area contributed by atoms with Gasteiger partial charge in [0.2, 0.25) is 0 Å². The first-order chi connectivity index (χ1) is 13.4. The summed E-state index contributed by atoms with van der Waals surface area (Å²) in [7, 11) is 0. The predicted molar refractivity (Wildman–Crippen MR) is 108 cm³/mol. The number of aromatic nitrogens is 2. The van der Waals surface area contributed by atoms with E-state index in [-0.39, 0.29) is 5.92 Å². The number of hydrogen-bond donors (Lipinski definition) is 0. The molecule has 1 unspecified atom stereocenters. The van der Waals surface area contributed by atoms with Crippen LogP contribution in [0.2, 0.25) is 0 Å². The smallest absolute Gasteiger partial charge is 0.191 e. The Kier molecular flexibility index (Phi) is 5.10. The fourth-order valence-corrected chi connectivity index (χ4v) is 3.63. The minimum atomic E-state index is 0.132. The van der Waals surface area contributed by atoms with E-state index in [4.69, 9.17) is 4.52 Å². The van der Waals surface area contributed by atoms with E-state index in [1.807, 2.05) is 36.4 Å². The Morgan fingerprint density at radius 1 is 0.778 bits per heavy atom. The predicted octanol–water partition coefficient (Wildman–Crippen LogP) is 6.34. The van der Waals surface area contributed by atoms with Gasteiger partial charge in [0.15, 0.2) is 5.76 Å². The quantitative estimate of drug-likeness (QED) is 0.406. The average Bonchev–Trinajstić information content (AvgIpc) is 3.23. The van der Waals surface area contributed by atoms with Crippen molar-refractivity contribution >= 4 is 0 Å². The van der Waals surface area contributed by atoms with E-state index >= 15 is 0 Å². The lowest BCUT2D eigenvalue weighted by atomic mass is 9.84. The monoisotopic (exact) mass is 354 g/mol. The molecule has 4 aromatic rings. The highest BCUT2D eigenvalue weighted by Gasteiger charge is 2.25. The van der Waals surface area contributed by atoms with E-state index < -0.39 is 0 Å². The molecule has 0 N–H and O–H groups in total. The van der Waals surface area contributed by atoms with Crippen molar-refractivity contribution in [2.45, 2.75) is 25.7 Å². The van der Waals surface area contributed by atoms with Crippen LogP contribution in [0.15, 0.2) is 89.5 Å². The van der Waals surface area contributed by atoms with Crippen LogP contribution in [0.3, 0.4) is 0 Å². The van der Waals surface area contributed by atoms with Crippen LogP contribution in [-0.2, 0) is 0 Å². The molecule has 0 fully saturated rings. The Morgan fingerprint density at radius 2 is 1.41 bits per heavy atom. The molecular weight excluding hydrogens is 332 g/mol. The molecule has 0 radical (unpaired) electrons. The normalized spacial score (nSPS) is 12.0. The summed E-state index contributed by atoms with van der Waals surface area (Å²) in [6.07, 6.45) is 2.03. The van der Waals surface area contributed by atoms with Crippen LogP contribution < -0.4 is 0 Å². The van der Waals surface area contributed by atoms with Gasteiger partial charge in [0.1, 0.15) is 5.69 Å². The zero-order chi connectivity index (χ0) is 18.5. The third-order valence-electron chi connectivity index (χ3n) is 4.88. The maximum atomic E-state index is 5.58. The molecule has 27 heavy (non-hydrogen) atoms. The van der Waals surface area contributed by atoms with Gasteiger partial charge in [-0.05, 0) is 23.1 Å². The fraction of sp³-hybridized carbons (Fsp3) is 0.167. The molecule has 0 aliphatic heterocycles. The first kappa shape index (κ1) is 17.2. The van der Waals surface area contributed by atoms with Crippen LogP contribution in [0, 0.1) is 0 Å². The number of hydrogen-bond acceptors (Lipinski definition) is 3. The van der Waals surface area contributed by atoms with Gasteiger partial charge in [-0.25, -0.2) is 0 Å². The Hall–Kier alpha value is -3.20. The van der Waals surface area contributed by atoms with Gasteiger partial charge in [0, 0.05) is 16.8 Å². The largest absolute Gasteiger partial charge is 0.337 e. The Labute approximate surface area is 159 Å². The Balaban J connectivity index is 1.84.